The molecule has 2 aromatic carbocycles. The van der Waals surface area contributed by atoms with Gasteiger partial charge in [0.05, 0.1) is 6.21 Å². The molecule has 0 unspecified atom stereocenters. The third-order valence-corrected chi connectivity index (χ3v) is 4.59. The second-order valence-electron chi connectivity index (χ2n) is 6.45. The Labute approximate surface area is 154 Å². The molecule has 0 bridgehead atoms. The van der Waals surface area contributed by atoms with Crippen LogP contribution in [0.2, 0.25) is 0 Å². The molecular formula is C21H25N3O2. The summed E-state index contributed by atoms with van der Waals surface area (Å²) in [5.41, 5.74) is 2.95. The summed E-state index contributed by atoms with van der Waals surface area (Å²) in [7, 11) is 1.51. The van der Waals surface area contributed by atoms with E-state index in [1.54, 1.807) is 6.21 Å². The Balaban J connectivity index is 1.58. The summed E-state index contributed by atoms with van der Waals surface area (Å²) in [6.07, 6.45) is 2.62. The van der Waals surface area contributed by atoms with Crippen molar-refractivity contribution in [1.82, 2.24) is 9.80 Å². The minimum Gasteiger partial charge on any atom is -0.399 e. The SMILES string of the molecule is CO/N=C/c1ccc(C(=O)N2CCCN(Cc3ccccc3)CC2)cc1. The van der Waals surface area contributed by atoms with Crippen molar-refractivity contribution in [1.29, 1.82) is 0 Å². The first-order valence-electron chi connectivity index (χ1n) is 8.98. The highest BCUT2D eigenvalue weighted by Crippen LogP contribution is 2.12. The van der Waals surface area contributed by atoms with E-state index in [4.69, 9.17) is 0 Å². The monoisotopic (exact) mass is 351 g/mol. The molecule has 0 saturated carbocycles. The molecule has 26 heavy (non-hydrogen) atoms. The fraction of sp³-hybridized carbons (Fsp3) is 0.333. The zero-order valence-electron chi connectivity index (χ0n) is 15.2. The Bertz CT molecular complexity index is 729. The largest absolute Gasteiger partial charge is 0.399 e. The minimum atomic E-state index is 0.0989. The standard InChI is InChI=1S/C21H25N3O2/c1-26-22-16-18-8-10-20(11-9-18)21(25)24-13-5-12-23(14-15-24)17-19-6-3-2-4-7-19/h2-4,6-11,16H,5,12-15,17H2,1H3/b22-16+. The van der Waals surface area contributed by atoms with Gasteiger partial charge in [0.15, 0.2) is 0 Å². The lowest BCUT2D eigenvalue weighted by Gasteiger charge is -2.22. The molecule has 0 radical (unpaired) electrons. The molecule has 0 aliphatic carbocycles. The number of rotatable bonds is 5. The Morgan fingerprint density at radius 3 is 2.54 bits per heavy atom. The molecule has 1 amide bonds. The van der Waals surface area contributed by atoms with Gasteiger partial charge in [0.25, 0.3) is 5.91 Å². The average Bonchev–Trinajstić information content (AvgIpc) is 2.92. The number of hydrogen-bond acceptors (Lipinski definition) is 4. The summed E-state index contributed by atoms with van der Waals surface area (Å²) < 4.78 is 0. The molecule has 136 valence electrons. The molecule has 1 aliphatic heterocycles. The maximum atomic E-state index is 12.8. The maximum Gasteiger partial charge on any atom is 0.253 e. The van der Waals surface area contributed by atoms with Gasteiger partial charge in [0, 0.05) is 38.3 Å². The van der Waals surface area contributed by atoms with Crippen LogP contribution in [0.15, 0.2) is 59.8 Å². The van der Waals surface area contributed by atoms with E-state index in [1.165, 1.54) is 12.7 Å². The Kier molecular flexibility index (Phi) is 6.39. The van der Waals surface area contributed by atoms with E-state index in [-0.39, 0.29) is 5.91 Å². The lowest BCUT2D eigenvalue weighted by molar-refractivity contribution is 0.0761. The van der Waals surface area contributed by atoms with E-state index in [1.807, 2.05) is 35.2 Å². The molecule has 1 fully saturated rings. The Morgan fingerprint density at radius 2 is 1.81 bits per heavy atom. The molecule has 1 heterocycles. The zero-order valence-corrected chi connectivity index (χ0v) is 15.2. The van der Waals surface area contributed by atoms with Gasteiger partial charge in [-0.05, 0) is 29.7 Å². The minimum absolute atomic E-state index is 0.0989. The van der Waals surface area contributed by atoms with Crippen molar-refractivity contribution in [3.8, 4) is 0 Å². The van der Waals surface area contributed by atoms with Crippen LogP contribution >= 0.6 is 0 Å². The van der Waals surface area contributed by atoms with Crippen LogP contribution in [0.3, 0.4) is 0 Å². The van der Waals surface area contributed by atoms with Gasteiger partial charge in [0.2, 0.25) is 0 Å². The van der Waals surface area contributed by atoms with Gasteiger partial charge in [-0.25, -0.2) is 0 Å². The summed E-state index contributed by atoms with van der Waals surface area (Å²) in [5, 5.41) is 3.74. The maximum absolute atomic E-state index is 12.8. The predicted molar refractivity (Wildman–Crippen MR) is 103 cm³/mol. The summed E-state index contributed by atoms with van der Waals surface area (Å²) in [5.74, 6) is 0.0989. The number of amides is 1. The lowest BCUT2D eigenvalue weighted by atomic mass is 10.1. The number of carbonyl (C=O) groups is 1. The van der Waals surface area contributed by atoms with Crippen molar-refractivity contribution in [3.05, 3.63) is 71.3 Å². The predicted octanol–water partition coefficient (Wildman–Crippen LogP) is 3.02. The van der Waals surface area contributed by atoms with Gasteiger partial charge in [-0.3, -0.25) is 9.69 Å². The number of hydrogen-bond donors (Lipinski definition) is 0. The molecule has 1 aliphatic rings. The van der Waals surface area contributed by atoms with Crippen LogP contribution in [0.4, 0.5) is 0 Å². The molecule has 0 aromatic heterocycles. The third-order valence-electron chi connectivity index (χ3n) is 4.59. The lowest BCUT2D eigenvalue weighted by Crippen LogP contribution is -2.35. The van der Waals surface area contributed by atoms with E-state index in [0.717, 1.165) is 50.3 Å². The van der Waals surface area contributed by atoms with Crippen LogP contribution in [0.25, 0.3) is 0 Å². The second-order valence-corrected chi connectivity index (χ2v) is 6.45. The molecule has 2 aromatic rings. The molecular weight excluding hydrogens is 326 g/mol. The molecule has 5 heteroatoms. The van der Waals surface area contributed by atoms with Crippen molar-refractivity contribution in [2.45, 2.75) is 13.0 Å². The first kappa shape index (κ1) is 18.1. The number of benzene rings is 2. The van der Waals surface area contributed by atoms with Crippen molar-refractivity contribution in [2.75, 3.05) is 33.3 Å². The third kappa shape index (κ3) is 4.92. The van der Waals surface area contributed by atoms with Crippen LogP contribution in [0.5, 0.6) is 0 Å². The molecule has 5 nitrogen and oxygen atoms in total. The molecule has 3 rings (SSSR count). The van der Waals surface area contributed by atoms with Crippen LogP contribution in [-0.4, -0.2) is 55.2 Å². The van der Waals surface area contributed by atoms with Gasteiger partial charge in [0.1, 0.15) is 7.11 Å². The number of carbonyl (C=O) groups excluding carboxylic acids is 1. The topological polar surface area (TPSA) is 45.1 Å². The number of oxime groups is 1. The molecule has 0 atom stereocenters. The summed E-state index contributed by atoms with van der Waals surface area (Å²) in [6.45, 7) is 4.43. The van der Waals surface area contributed by atoms with E-state index < -0.39 is 0 Å². The van der Waals surface area contributed by atoms with Crippen LogP contribution < -0.4 is 0 Å². The molecule has 0 N–H and O–H groups in total. The fourth-order valence-electron chi connectivity index (χ4n) is 3.18. The Hall–Kier alpha value is -2.66. The van der Waals surface area contributed by atoms with Crippen molar-refractivity contribution < 1.29 is 9.63 Å². The Morgan fingerprint density at radius 1 is 1.04 bits per heavy atom. The summed E-state index contributed by atoms with van der Waals surface area (Å²) in [4.78, 5) is 21.9. The van der Waals surface area contributed by atoms with E-state index >= 15 is 0 Å². The normalized spacial score (nSPS) is 15.8. The van der Waals surface area contributed by atoms with E-state index in [9.17, 15) is 4.79 Å². The van der Waals surface area contributed by atoms with Crippen LogP contribution in [0, 0.1) is 0 Å². The summed E-state index contributed by atoms with van der Waals surface area (Å²) >= 11 is 0. The first-order valence-corrected chi connectivity index (χ1v) is 8.98. The van der Waals surface area contributed by atoms with Crippen LogP contribution in [0.1, 0.15) is 27.9 Å². The first-order chi connectivity index (χ1) is 12.8. The van der Waals surface area contributed by atoms with Crippen LogP contribution in [-0.2, 0) is 11.4 Å². The number of nitrogens with zero attached hydrogens (tertiary/aromatic N) is 3. The highest BCUT2D eigenvalue weighted by molar-refractivity contribution is 5.95. The average molecular weight is 351 g/mol. The second kappa shape index (κ2) is 9.15. The smallest absolute Gasteiger partial charge is 0.253 e. The fourth-order valence-corrected chi connectivity index (χ4v) is 3.18. The van der Waals surface area contributed by atoms with Crippen molar-refractivity contribution in [2.24, 2.45) is 5.16 Å². The van der Waals surface area contributed by atoms with Crippen molar-refractivity contribution in [3.63, 3.8) is 0 Å². The van der Waals surface area contributed by atoms with Gasteiger partial charge in [-0.1, -0.05) is 47.6 Å². The van der Waals surface area contributed by atoms with E-state index in [2.05, 4.69) is 39.2 Å². The highest BCUT2D eigenvalue weighted by Gasteiger charge is 2.20. The summed E-state index contributed by atoms with van der Waals surface area (Å²) in [6, 6.07) is 18.0. The zero-order chi connectivity index (χ0) is 18.2. The quantitative estimate of drug-likeness (QED) is 0.614. The molecule has 1 saturated heterocycles. The van der Waals surface area contributed by atoms with Gasteiger partial charge >= 0.3 is 0 Å². The van der Waals surface area contributed by atoms with Crippen molar-refractivity contribution >= 4 is 12.1 Å². The van der Waals surface area contributed by atoms with E-state index in [0.29, 0.717) is 0 Å². The highest BCUT2D eigenvalue weighted by atomic mass is 16.6. The van der Waals surface area contributed by atoms with Gasteiger partial charge < -0.3 is 9.74 Å². The molecule has 0 spiro atoms. The van der Waals surface area contributed by atoms with Gasteiger partial charge in [-0.2, -0.15) is 0 Å². The van der Waals surface area contributed by atoms with Gasteiger partial charge in [-0.15, -0.1) is 0 Å².